The van der Waals surface area contributed by atoms with Crippen LogP contribution in [0.3, 0.4) is 0 Å². The van der Waals surface area contributed by atoms with Gasteiger partial charge in [-0.3, -0.25) is 4.99 Å². The molecule has 0 fully saturated rings. The molecule has 2 aromatic rings. The van der Waals surface area contributed by atoms with E-state index in [2.05, 4.69) is 21.9 Å². The van der Waals surface area contributed by atoms with Crippen molar-refractivity contribution in [1.82, 2.24) is 9.97 Å². The van der Waals surface area contributed by atoms with Crippen molar-refractivity contribution < 1.29 is 0 Å². The maximum atomic E-state index is 5.78. The summed E-state index contributed by atoms with van der Waals surface area (Å²) in [5.74, 6) is 0.198. The van der Waals surface area contributed by atoms with Crippen LogP contribution >= 0.6 is 23.2 Å². The largest absolute Gasteiger partial charge is 0.382 e. The number of nitrogens with two attached hydrogens (primary N) is 1. The Morgan fingerprint density at radius 2 is 1.79 bits per heavy atom. The minimum absolute atomic E-state index is 0.0867. The normalized spacial score (nSPS) is 11.1. The number of rotatable bonds is 3. The highest BCUT2D eigenvalue weighted by Crippen LogP contribution is 2.20. The van der Waals surface area contributed by atoms with Crippen LogP contribution in [0.2, 0.25) is 10.3 Å². The topological polar surface area (TPSA) is 64.2 Å². The van der Waals surface area contributed by atoms with Crippen LogP contribution in [0.15, 0.2) is 29.3 Å². The van der Waals surface area contributed by atoms with Crippen LogP contribution in [0.25, 0.3) is 0 Å². The number of nitrogen functional groups attached to an aromatic ring is 1. The maximum absolute atomic E-state index is 5.78. The average molecular weight is 295 g/mol. The molecule has 0 amide bonds. The van der Waals surface area contributed by atoms with Crippen molar-refractivity contribution in [3.8, 4) is 0 Å². The Hall–Kier alpha value is -1.65. The highest BCUT2D eigenvalue weighted by atomic mass is 35.5. The van der Waals surface area contributed by atoms with E-state index in [4.69, 9.17) is 28.9 Å². The van der Waals surface area contributed by atoms with Crippen LogP contribution in [0.4, 0.5) is 11.5 Å². The summed E-state index contributed by atoms with van der Waals surface area (Å²) in [4.78, 5) is 12.2. The Balaban J connectivity index is 2.24. The molecule has 0 unspecified atom stereocenters. The summed E-state index contributed by atoms with van der Waals surface area (Å²) in [5, 5.41) is 0.197. The third-order valence-electron chi connectivity index (χ3n) is 2.55. The van der Waals surface area contributed by atoms with Gasteiger partial charge in [0.05, 0.1) is 11.9 Å². The number of hydrogen-bond donors (Lipinski definition) is 1. The molecule has 2 N–H and O–H groups in total. The first-order valence-corrected chi connectivity index (χ1v) is 6.47. The molecule has 0 radical (unpaired) electrons. The second-order valence-electron chi connectivity index (χ2n) is 3.85. The molecule has 2 rings (SSSR count). The molecule has 1 aromatic heterocycles. The number of hydrogen-bond acceptors (Lipinski definition) is 4. The molecule has 0 saturated heterocycles. The number of halogens is 2. The first kappa shape index (κ1) is 13.8. The van der Waals surface area contributed by atoms with E-state index in [0.29, 0.717) is 5.69 Å². The number of aryl methyl sites for hydroxylation is 1. The van der Waals surface area contributed by atoms with Gasteiger partial charge in [-0.05, 0) is 24.1 Å². The lowest BCUT2D eigenvalue weighted by Gasteiger charge is -2.01. The van der Waals surface area contributed by atoms with Gasteiger partial charge in [0.15, 0.2) is 16.1 Å². The molecule has 4 nitrogen and oxygen atoms in total. The molecule has 0 bridgehead atoms. The quantitative estimate of drug-likeness (QED) is 0.878. The molecule has 0 aliphatic rings. The Morgan fingerprint density at radius 1 is 1.16 bits per heavy atom. The fourth-order valence-corrected chi connectivity index (χ4v) is 1.73. The zero-order valence-corrected chi connectivity index (χ0v) is 11.8. The van der Waals surface area contributed by atoms with Gasteiger partial charge in [-0.25, -0.2) is 9.97 Å². The Morgan fingerprint density at radius 3 is 2.42 bits per heavy atom. The summed E-state index contributed by atoms with van der Waals surface area (Å²) in [6.45, 7) is 2.10. The lowest BCUT2D eigenvalue weighted by atomic mass is 10.1. The molecular formula is C13H12Cl2N4. The van der Waals surface area contributed by atoms with E-state index < -0.39 is 0 Å². The second-order valence-corrected chi connectivity index (χ2v) is 4.57. The zero-order valence-electron chi connectivity index (χ0n) is 10.3. The summed E-state index contributed by atoms with van der Waals surface area (Å²) >= 11 is 11.5. The van der Waals surface area contributed by atoms with Gasteiger partial charge in [0.25, 0.3) is 0 Å². The minimum Gasteiger partial charge on any atom is -0.382 e. The predicted octanol–water partition coefficient (Wildman–Crippen LogP) is 3.68. The van der Waals surface area contributed by atoms with Crippen LogP contribution in [-0.2, 0) is 6.42 Å². The van der Waals surface area contributed by atoms with E-state index in [-0.39, 0.29) is 16.1 Å². The van der Waals surface area contributed by atoms with Gasteiger partial charge in [-0.15, -0.1) is 0 Å². The predicted molar refractivity (Wildman–Crippen MR) is 79.5 cm³/mol. The van der Waals surface area contributed by atoms with E-state index in [1.54, 1.807) is 0 Å². The number of anilines is 1. The highest BCUT2D eigenvalue weighted by molar-refractivity contribution is 6.40. The molecule has 0 aliphatic carbocycles. The van der Waals surface area contributed by atoms with Crippen molar-refractivity contribution >= 4 is 40.9 Å². The van der Waals surface area contributed by atoms with Crippen molar-refractivity contribution in [3.63, 3.8) is 0 Å². The molecule has 0 spiro atoms. The summed E-state index contributed by atoms with van der Waals surface area (Å²) in [6.07, 6.45) is 2.51. The van der Waals surface area contributed by atoms with Gasteiger partial charge in [-0.2, -0.15) is 0 Å². The van der Waals surface area contributed by atoms with E-state index in [9.17, 15) is 0 Å². The first-order valence-electron chi connectivity index (χ1n) is 5.71. The van der Waals surface area contributed by atoms with Gasteiger partial charge in [-0.1, -0.05) is 42.3 Å². The van der Waals surface area contributed by atoms with Crippen LogP contribution in [-0.4, -0.2) is 16.2 Å². The van der Waals surface area contributed by atoms with Gasteiger partial charge < -0.3 is 5.73 Å². The summed E-state index contributed by atoms with van der Waals surface area (Å²) in [6, 6.07) is 7.90. The Labute approximate surface area is 121 Å². The standard InChI is InChI=1S/C13H12Cl2N4/c1-2-8-3-5-9(6-4-8)17-7-10-13(16)19-12(15)11(14)18-10/h3-7H,2H2,1H3,(H2,16,19)/b17-7+. The first-order chi connectivity index (χ1) is 9.10. The molecular weight excluding hydrogens is 283 g/mol. The van der Waals surface area contributed by atoms with Crippen LogP contribution < -0.4 is 5.73 Å². The van der Waals surface area contributed by atoms with Gasteiger partial charge in [0.2, 0.25) is 0 Å². The van der Waals surface area contributed by atoms with E-state index >= 15 is 0 Å². The Bertz CT molecular complexity index is 609. The van der Waals surface area contributed by atoms with Crippen molar-refractivity contribution in [3.05, 3.63) is 45.8 Å². The molecule has 1 aromatic carbocycles. The van der Waals surface area contributed by atoms with Crippen LogP contribution in [0.5, 0.6) is 0 Å². The van der Waals surface area contributed by atoms with Crippen molar-refractivity contribution in [2.75, 3.05) is 5.73 Å². The van der Waals surface area contributed by atoms with E-state index in [1.165, 1.54) is 11.8 Å². The SMILES string of the molecule is CCc1ccc(/N=C/c2nc(Cl)c(Cl)nc2N)cc1. The molecule has 98 valence electrons. The van der Waals surface area contributed by atoms with Gasteiger partial charge in [0, 0.05) is 0 Å². The molecule has 0 aliphatic heterocycles. The molecule has 0 saturated carbocycles. The van der Waals surface area contributed by atoms with Crippen molar-refractivity contribution in [2.24, 2.45) is 4.99 Å². The number of benzene rings is 1. The fraction of sp³-hybridized carbons (Fsp3) is 0.154. The monoisotopic (exact) mass is 294 g/mol. The third-order valence-corrected chi connectivity index (χ3v) is 3.17. The lowest BCUT2D eigenvalue weighted by molar-refractivity contribution is 1.14. The van der Waals surface area contributed by atoms with E-state index in [1.807, 2.05) is 24.3 Å². The third kappa shape index (κ3) is 3.43. The summed E-state index contributed by atoms with van der Waals surface area (Å²) in [7, 11) is 0. The molecule has 6 heteroatoms. The smallest absolute Gasteiger partial charge is 0.168 e. The highest BCUT2D eigenvalue weighted by Gasteiger charge is 2.06. The molecule has 1 heterocycles. The van der Waals surface area contributed by atoms with Crippen LogP contribution in [0, 0.1) is 0 Å². The van der Waals surface area contributed by atoms with E-state index in [0.717, 1.165) is 12.1 Å². The lowest BCUT2D eigenvalue weighted by Crippen LogP contribution is -2.01. The number of aromatic nitrogens is 2. The average Bonchev–Trinajstić information content (AvgIpc) is 2.42. The second kappa shape index (κ2) is 5.99. The van der Waals surface area contributed by atoms with Crippen molar-refractivity contribution in [2.45, 2.75) is 13.3 Å². The fourth-order valence-electron chi connectivity index (χ4n) is 1.47. The minimum atomic E-state index is 0.0867. The molecule has 19 heavy (non-hydrogen) atoms. The zero-order chi connectivity index (χ0) is 13.8. The number of nitrogens with zero attached hydrogens (tertiary/aromatic N) is 3. The van der Waals surface area contributed by atoms with Gasteiger partial charge in [0.1, 0.15) is 5.69 Å². The van der Waals surface area contributed by atoms with Gasteiger partial charge >= 0.3 is 0 Å². The number of aliphatic imine (C=N–C) groups is 1. The summed E-state index contributed by atoms with van der Waals surface area (Å²) < 4.78 is 0. The summed E-state index contributed by atoms with van der Waals surface area (Å²) in [5.41, 5.74) is 8.16. The maximum Gasteiger partial charge on any atom is 0.168 e. The van der Waals surface area contributed by atoms with Crippen LogP contribution in [0.1, 0.15) is 18.2 Å². The Kier molecular flexibility index (Phi) is 4.35. The molecule has 0 atom stereocenters. The van der Waals surface area contributed by atoms with Crippen molar-refractivity contribution in [1.29, 1.82) is 0 Å².